The van der Waals surface area contributed by atoms with E-state index in [1.54, 1.807) is 0 Å². The number of hydrogen-bond acceptors (Lipinski definition) is 5. The summed E-state index contributed by atoms with van der Waals surface area (Å²) in [4.78, 5) is 26.4. The summed E-state index contributed by atoms with van der Waals surface area (Å²) in [5.74, 6) is -1.84. The molecule has 0 bridgehead atoms. The summed E-state index contributed by atoms with van der Waals surface area (Å²) in [6.07, 6.45) is 2.75. The number of hydrogen-bond donors (Lipinski definition) is 3. The maximum atomic E-state index is 11.8. The molecule has 1 aromatic rings. The summed E-state index contributed by atoms with van der Waals surface area (Å²) >= 11 is 0. The van der Waals surface area contributed by atoms with Crippen molar-refractivity contribution < 1.29 is 23.1 Å². The minimum atomic E-state index is -3.25. The van der Waals surface area contributed by atoms with E-state index in [1.165, 1.54) is 18.3 Å². The van der Waals surface area contributed by atoms with E-state index in [0.29, 0.717) is 6.42 Å². The van der Waals surface area contributed by atoms with Crippen molar-refractivity contribution in [2.75, 3.05) is 19.3 Å². The van der Waals surface area contributed by atoms with E-state index in [-0.39, 0.29) is 24.3 Å². The molecule has 0 aromatic carbocycles. The van der Waals surface area contributed by atoms with Crippen molar-refractivity contribution in [2.45, 2.75) is 6.42 Å². The second-order valence-corrected chi connectivity index (χ2v) is 5.81. The van der Waals surface area contributed by atoms with E-state index in [1.807, 2.05) is 0 Å². The van der Waals surface area contributed by atoms with Gasteiger partial charge in [0.25, 0.3) is 5.91 Å². The molecule has 0 radical (unpaired) electrons. The molecule has 0 spiro atoms. The zero-order chi connectivity index (χ0) is 15.2. The Morgan fingerprint density at radius 2 is 2.05 bits per heavy atom. The van der Waals surface area contributed by atoms with Gasteiger partial charge in [-0.25, -0.2) is 17.9 Å². The van der Waals surface area contributed by atoms with E-state index in [4.69, 9.17) is 5.11 Å². The van der Waals surface area contributed by atoms with Crippen molar-refractivity contribution in [2.24, 2.45) is 0 Å². The number of rotatable bonds is 7. The highest BCUT2D eigenvalue weighted by atomic mass is 32.2. The lowest BCUT2D eigenvalue weighted by Gasteiger charge is -2.07. The first-order valence-corrected chi connectivity index (χ1v) is 7.61. The summed E-state index contributed by atoms with van der Waals surface area (Å²) in [6.45, 7) is 0.393. The van der Waals surface area contributed by atoms with E-state index >= 15 is 0 Å². The Morgan fingerprint density at radius 1 is 1.35 bits per heavy atom. The van der Waals surface area contributed by atoms with Crippen LogP contribution in [-0.2, 0) is 10.0 Å². The second kappa shape index (κ2) is 6.96. The summed E-state index contributed by atoms with van der Waals surface area (Å²) in [7, 11) is -3.25. The lowest BCUT2D eigenvalue weighted by molar-refractivity contribution is 0.0690. The van der Waals surface area contributed by atoms with Gasteiger partial charge in [0.05, 0.1) is 11.8 Å². The number of sulfonamides is 1. The van der Waals surface area contributed by atoms with Gasteiger partial charge in [-0.1, -0.05) is 0 Å². The van der Waals surface area contributed by atoms with Gasteiger partial charge in [-0.2, -0.15) is 0 Å². The quantitative estimate of drug-likeness (QED) is 0.580. The Bertz CT molecular complexity index is 600. The van der Waals surface area contributed by atoms with Crippen molar-refractivity contribution in [1.82, 2.24) is 15.0 Å². The van der Waals surface area contributed by atoms with Gasteiger partial charge in [-0.05, 0) is 18.6 Å². The third-order valence-electron chi connectivity index (χ3n) is 2.26. The standard InChI is InChI=1S/C11H15N3O5S/c1-20(18,19)14-7-3-6-13-10(15)9-8(11(16)17)4-2-5-12-9/h2,4-5,14H,3,6-7H2,1H3,(H,13,15)(H,16,17). The van der Waals surface area contributed by atoms with Crippen LogP contribution in [0, 0.1) is 0 Å². The zero-order valence-corrected chi connectivity index (χ0v) is 11.6. The van der Waals surface area contributed by atoms with Crippen LogP contribution in [0.2, 0.25) is 0 Å². The number of carbonyl (C=O) groups excluding carboxylic acids is 1. The van der Waals surface area contributed by atoms with Crippen LogP contribution in [0.1, 0.15) is 27.3 Å². The molecular formula is C11H15N3O5S. The van der Waals surface area contributed by atoms with Gasteiger partial charge in [-0.15, -0.1) is 0 Å². The van der Waals surface area contributed by atoms with E-state index < -0.39 is 21.9 Å². The normalized spacial score (nSPS) is 11.1. The lowest BCUT2D eigenvalue weighted by atomic mass is 10.2. The van der Waals surface area contributed by atoms with E-state index in [0.717, 1.165) is 6.26 Å². The maximum Gasteiger partial charge on any atom is 0.338 e. The summed E-state index contributed by atoms with van der Waals surface area (Å²) in [5, 5.41) is 11.4. The fourth-order valence-corrected chi connectivity index (χ4v) is 1.91. The summed E-state index contributed by atoms with van der Waals surface area (Å²) < 4.78 is 23.9. The molecule has 0 fully saturated rings. The molecule has 0 aliphatic carbocycles. The predicted molar refractivity (Wildman–Crippen MR) is 71.0 cm³/mol. The average molecular weight is 301 g/mol. The molecule has 0 aliphatic heterocycles. The van der Waals surface area contributed by atoms with Crippen molar-refractivity contribution in [3.05, 3.63) is 29.6 Å². The Kier molecular flexibility index (Phi) is 5.59. The first-order valence-electron chi connectivity index (χ1n) is 5.72. The summed E-state index contributed by atoms with van der Waals surface area (Å²) in [6, 6.07) is 2.71. The first-order chi connectivity index (χ1) is 9.31. The lowest BCUT2D eigenvalue weighted by Crippen LogP contribution is -2.30. The van der Waals surface area contributed by atoms with Crippen LogP contribution in [0.15, 0.2) is 18.3 Å². The smallest absolute Gasteiger partial charge is 0.338 e. The van der Waals surface area contributed by atoms with Crippen LogP contribution >= 0.6 is 0 Å². The van der Waals surface area contributed by atoms with Gasteiger partial charge < -0.3 is 10.4 Å². The molecule has 3 N–H and O–H groups in total. The number of aromatic nitrogens is 1. The Labute approximate surface area is 116 Å². The highest BCUT2D eigenvalue weighted by Gasteiger charge is 2.16. The molecule has 1 aromatic heterocycles. The molecule has 9 heteroatoms. The monoisotopic (exact) mass is 301 g/mol. The van der Waals surface area contributed by atoms with Gasteiger partial charge >= 0.3 is 5.97 Å². The van der Waals surface area contributed by atoms with Gasteiger partial charge in [0.1, 0.15) is 5.69 Å². The molecule has 1 heterocycles. The molecule has 0 saturated carbocycles. The first kappa shape index (κ1) is 16.1. The Balaban J connectivity index is 2.50. The van der Waals surface area contributed by atoms with E-state index in [9.17, 15) is 18.0 Å². The molecule has 0 unspecified atom stereocenters. The number of carboxylic acid groups (broad SMARTS) is 1. The maximum absolute atomic E-state index is 11.8. The number of nitrogens with zero attached hydrogens (tertiary/aromatic N) is 1. The molecule has 0 saturated heterocycles. The molecule has 110 valence electrons. The summed E-state index contributed by atoms with van der Waals surface area (Å²) in [5.41, 5.74) is -0.352. The third-order valence-corrected chi connectivity index (χ3v) is 2.99. The van der Waals surface area contributed by atoms with Crippen LogP contribution in [0.25, 0.3) is 0 Å². The molecule has 1 amide bonds. The number of nitrogens with one attached hydrogen (secondary N) is 2. The SMILES string of the molecule is CS(=O)(=O)NCCCNC(=O)c1ncccc1C(=O)O. The largest absolute Gasteiger partial charge is 0.478 e. The highest BCUT2D eigenvalue weighted by molar-refractivity contribution is 7.88. The molecule has 20 heavy (non-hydrogen) atoms. The highest BCUT2D eigenvalue weighted by Crippen LogP contribution is 2.04. The van der Waals surface area contributed by atoms with E-state index in [2.05, 4.69) is 15.0 Å². The number of carboxylic acids is 1. The van der Waals surface area contributed by atoms with Gasteiger partial charge in [-0.3, -0.25) is 9.78 Å². The van der Waals surface area contributed by atoms with Crippen molar-refractivity contribution in [3.63, 3.8) is 0 Å². The van der Waals surface area contributed by atoms with Crippen molar-refractivity contribution >= 4 is 21.9 Å². The Morgan fingerprint density at radius 3 is 2.65 bits per heavy atom. The minimum Gasteiger partial charge on any atom is -0.478 e. The molecule has 0 aliphatic rings. The number of carbonyl (C=O) groups is 2. The predicted octanol–water partition coefficient (Wildman–Crippen LogP) is -0.551. The van der Waals surface area contributed by atoms with Crippen LogP contribution < -0.4 is 10.0 Å². The molecule has 1 rings (SSSR count). The zero-order valence-electron chi connectivity index (χ0n) is 10.8. The number of pyridine rings is 1. The van der Waals surface area contributed by atoms with Gasteiger partial charge in [0.15, 0.2) is 0 Å². The second-order valence-electron chi connectivity index (χ2n) is 3.98. The Hall–Kier alpha value is -2.00. The molecule has 8 nitrogen and oxygen atoms in total. The molecular weight excluding hydrogens is 286 g/mol. The minimum absolute atomic E-state index is 0.170. The fraction of sp³-hybridized carbons (Fsp3) is 0.364. The van der Waals surface area contributed by atoms with Crippen LogP contribution in [0.4, 0.5) is 0 Å². The molecule has 0 atom stereocenters. The van der Waals surface area contributed by atoms with Crippen LogP contribution in [0.5, 0.6) is 0 Å². The topological polar surface area (TPSA) is 125 Å². The van der Waals surface area contributed by atoms with Crippen molar-refractivity contribution in [3.8, 4) is 0 Å². The van der Waals surface area contributed by atoms with Gasteiger partial charge in [0, 0.05) is 19.3 Å². The van der Waals surface area contributed by atoms with Gasteiger partial charge in [0.2, 0.25) is 10.0 Å². The fourth-order valence-electron chi connectivity index (χ4n) is 1.39. The number of amides is 1. The third kappa shape index (κ3) is 5.33. The van der Waals surface area contributed by atoms with Crippen LogP contribution in [0.3, 0.4) is 0 Å². The average Bonchev–Trinajstić information content (AvgIpc) is 2.36. The number of aromatic carboxylic acids is 1. The van der Waals surface area contributed by atoms with Crippen molar-refractivity contribution in [1.29, 1.82) is 0 Å². The van der Waals surface area contributed by atoms with Crippen LogP contribution in [-0.4, -0.2) is 49.7 Å².